The zero-order valence-corrected chi connectivity index (χ0v) is 16.7. The molecule has 0 spiro atoms. The molecule has 0 N–H and O–H groups in total. The molecule has 3 aromatic rings. The van der Waals surface area contributed by atoms with Crippen molar-refractivity contribution >= 4 is 23.2 Å². The molecule has 4 nitrogen and oxygen atoms in total. The SMILES string of the molecule is O=C(c1ccc[n+](Cc2ccccc2F)c1)N1CCN(c2ccccc2Cl)CC1. The quantitative estimate of drug-likeness (QED) is 0.612. The molecule has 1 fully saturated rings. The van der Waals surface area contributed by atoms with Gasteiger partial charge in [0.2, 0.25) is 0 Å². The minimum atomic E-state index is -0.243. The zero-order valence-electron chi connectivity index (χ0n) is 16.0. The molecule has 1 amide bonds. The number of para-hydroxylation sites is 1. The summed E-state index contributed by atoms with van der Waals surface area (Å²) in [5, 5.41) is 0.726. The second-order valence-electron chi connectivity index (χ2n) is 7.09. The lowest BCUT2D eigenvalue weighted by atomic mass is 10.2. The first kappa shape index (κ1) is 19.4. The third-order valence-electron chi connectivity index (χ3n) is 5.18. The van der Waals surface area contributed by atoms with Gasteiger partial charge in [-0.25, -0.2) is 4.39 Å². The number of benzene rings is 2. The molecule has 0 saturated carbocycles. The molecule has 1 aliphatic heterocycles. The molecule has 4 rings (SSSR count). The normalized spacial score (nSPS) is 14.1. The predicted octanol–water partition coefficient (Wildman–Crippen LogP) is 3.78. The van der Waals surface area contributed by atoms with Crippen LogP contribution in [0.15, 0.2) is 73.1 Å². The molecule has 1 aliphatic rings. The third kappa shape index (κ3) is 4.40. The van der Waals surface area contributed by atoms with Gasteiger partial charge in [0, 0.05) is 32.2 Å². The van der Waals surface area contributed by atoms with Gasteiger partial charge in [0.1, 0.15) is 11.4 Å². The number of anilines is 1. The molecule has 2 aromatic carbocycles. The van der Waals surface area contributed by atoms with Gasteiger partial charge in [-0.2, -0.15) is 4.57 Å². The summed E-state index contributed by atoms with van der Waals surface area (Å²) in [6, 6.07) is 18.1. The maximum absolute atomic E-state index is 13.9. The highest BCUT2D eigenvalue weighted by Gasteiger charge is 2.24. The number of piperazine rings is 1. The van der Waals surface area contributed by atoms with Crippen LogP contribution in [0, 0.1) is 5.82 Å². The highest BCUT2D eigenvalue weighted by molar-refractivity contribution is 6.33. The lowest BCUT2D eigenvalue weighted by Crippen LogP contribution is -2.49. The van der Waals surface area contributed by atoms with Gasteiger partial charge in [-0.15, -0.1) is 0 Å². The maximum Gasteiger partial charge on any atom is 0.260 e. The lowest BCUT2D eigenvalue weighted by molar-refractivity contribution is -0.688. The van der Waals surface area contributed by atoms with E-state index in [-0.39, 0.29) is 11.7 Å². The Balaban J connectivity index is 1.43. The molecular formula is C23H22ClFN3O+. The fourth-order valence-electron chi connectivity index (χ4n) is 3.61. The van der Waals surface area contributed by atoms with Gasteiger partial charge in [-0.1, -0.05) is 35.9 Å². The molecule has 1 aromatic heterocycles. The van der Waals surface area contributed by atoms with Gasteiger partial charge in [-0.3, -0.25) is 4.79 Å². The molecule has 1 saturated heterocycles. The van der Waals surface area contributed by atoms with Gasteiger partial charge < -0.3 is 9.80 Å². The van der Waals surface area contributed by atoms with Crippen molar-refractivity contribution in [1.82, 2.24) is 4.90 Å². The number of pyridine rings is 1. The fourth-order valence-corrected chi connectivity index (χ4v) is 3.87. The molecule has 0 unspecified atom stereocenters. The zero-order chi connectivity index (χ0) is 20.2. The summed E-state index contributed by atoms with van der Waals surface area (Å²) in [5.74, 6) is -0.251. The second-order valence-corrected chi connectivity index (χ2v) is 7.49. The number of hydrogen-bond donors (Lipinski definition) is 0. The Bertz CT molecular complexity index is 1020. The van der Waals surface area contributed by atoms with E-state index in [0.29, 0.717) is 30.8 Å². The number of carbonyl (C=O) groups excluding carboxylic acids is 1. The molecular weight excluding hydrogens is 389 g/mol. The fraction of sp³-hybridized carbons (Fsp3) is 0.217. The Morgan fingerprint density at radius 1 is 0.966 bits per heavy atom. The van der Waals surface area contributed by atoms with Gasteiger partial charge in [-0.05, 0) is 30.3 Å². The molecule has 29 heavy (non-hydrogen) atoms. The number of rotatable bonds is 4. The summed E-state index contributed by atoms with van der Waals surface area (Å²) in [4.78, 5) is 17.0. The number of halogens is 2. The summed E-state index contributed by atoms with van der Waals surface area (Å²) in [6.07, 6.45) is 3.63. The van der Waals surface area contributed by atoms with E-state index in [0.717, 1.165) is 23.8 Å². The van der Waals surface area contributed by atoms with E-state index in [4.69, 9.17) is 11.6 Å². The topological polar surface area (TPSA) is 27.4 Å². The van der Waals surface area contributed by atoms with E-state index in [1.807, 2.05) is 52.1 Å². The van der Waals surface area contributed by atoms with Crippen LogP contribution in [-0.4, -0.2) is 37.0 Å². The Kier molecular flexibility index (Phi) is 5.76. The van der Waals surface area contributed by atoms with Gasteiger partial charge in [0.15, 0.2) is 18.9 Å². The Labute approximate surface area is 174 Å². The summed E-state index contributed by atoms with van der Waals surface area (Å²) >= 11 is 6.30. The second kappa shape index (κ2) is 8.62. The minimum Gasteiger partial charge on any atom is -0.367 e. The van der Waals surface area contributed by atoms with Crippen molar-refractivity contribution in [2.24, 2.45) is 0 Å². The number of aromatic nitrogens is 1. The van der Waals surface area contributed by atoms with Gasteiger partial charge >= 0.3 is 0 Å². The van der Waals surface area contributed by atoms with Crippen LogP contribution in [0.1, 0.15) is 15.9 Å². The van der Waals surface area contributed by atoms with E-state index >= 15 is 0 Å². The van der Waals surface area contributed by atoms with E-state index in [1.54, 1.807) is 24.4 Å². The summed E-state index contributed by atoms with van der Waals surface area (Å²) in [7, 11) is 0. The molecule has 0 atom stereocenters. The van der Waals surface area contributed by atoms with E-state index < -0.39 is 0 Å². The highest BCUT2D eigenvalue weighted by atomic mass is 35.5. The summed E-state index contributed by atoms with van der Waals surface area (Å²) in [5.41, 5.74) is 2.20. The average molecular weight is 411 g/mol. The molecule has 148 valence electrons. The first-order valence-electron chi connectivity index (χ1n) is 9.63. The van der Waals surface area contributed by atoms with Crippen LogP contribution in [-0.2, 0) is 6.54 Å². The smallest absolute Gasteiger partial charge is 0.260 e. The average Bonchev–Trinajstić information content (AvgIpc) is 2.76. The van der Waals surface area contributed by atoms with Crippen LogP contribution in [0.2, 0.25) is 5.02 Å². The van der Waals surface area contributed by atoms with Crippen molar-refractivity contribution in [3.05, 3.63) is 95.0 Å². The Hall–Kier alpha value is -2.92. The molecule has 0 aliphatic carbocycles. The Morgan fingerprint density at radius 2 is 1.69 bits per heavy atom. The largest absolute Gasteiger partial charge is 0.367 e. The van der Waals surface area contributed by atoms with Crippen molar-refractivity contribution in [1.29, 1.82) is 0 Å². The van der Waals surface area contributed by atoms with Gasteiger partial charge in [0.25, 0.3) is 5.91 Å². The summed E-state index contributed by atoms with van der Waals surface area (Å²) in [6.45, 7) is 3.11. The standard InChI is InChI=1S/C23H22ClFN3O/c24-20-8-2-4-10-22(20)27-12-14-28(15-13-27)23(29)19-7-5-11-26(17-19)16-18-6-1-3-9-21(18)25/h1-11,17H,12-16H2/q+1. The van der Waals surface area contributed by atoms with Crippen LogP contribution < -0.4 is 9.47 Å². The van der Waals surface area contributed by atoms with Gasteiger partial charge in [0.05, 0.1) is 16.3 Å². The molecule has 6 heteroatoms. The molecule has 2 heterocycles. The van der Waals surface area contributed by atoms with Crippen molar-refractivity contribution in [2.75, 3.05) is 31.1 Å². The van der Waals surface area contributed by atoms with Crippen molar-refractivity contribution in [3.8, 4) is 0 Å². The van der Waals surface area contributed by atoms with Crippen LogP contribution in [0.4, 0.5) is 10.1 Å². The maximum atomic E-state index is 13.9. The van der Waals surface area contributed by atoms with E-state index in [9.17, 15) is 9.18 Å². The summed E-state index contributed by atoms with van der Waals surface area (Å²) < 4.78 is 15.8. The Morgan fingerprint density at radius 3 is 2.45 bits per heavy atom. The first-order valence-corrected chi connectivity index (χ1v) is 10.0. The van der Waals surface area contributed by atoms with Crippen molar-refractivity contribution < 1.29 is 13.8 Å². The van der Waals surface area contributed by atoms with Crippen molar-refractivity contribution in [3.63, 3.8) is 0 Å². The number of amides is 1. The number of hydrogen-bond acceptors (Lipinski definition) is 2. The minimum absolute atomic E-state index is 0.00769. The van der Waals surface area contributed by atoms with Crippen LogP contribution in [0.3, 0.4) is 0 Å². The predicted molar refractivity (Wildman–Crippen MR) is 112 cm³/mol. The van der Waals surface area contributed by atoms with Crippen molar-refractivity contribution in [2.45, 2.75) is 6.54 Å². The third-order valence-corrected chi connectivity index (χ3v) is 5.50. The first-order chi connectivity index (χ1) is 14.1. The molecule has 0 bridgehead atoms. The number of carbonyl (C=O) groups is 1. The monoisotopic (exact) mass is 410 g/mol. The lowest BCUT2D eigenvalue weighted by Gasteiger charge is -2.36. The van der Waals surface area contributed by atoms with Crippen LogP contribution in [0.25, 0.3) is 0 Å². The van der Waals surface area contributed by atoms with E-state index in [2.05, 4.69) is 4.90 Å². The number of nitrogens with zero attached hydrogens (tertiary/aromatic N) is 3. The van der Waals surface area contributed by atoms with Crippen LogP contribution >= 0.6 is 11.6 Å². The molecule has 0 radical (unpaired) electrons. The van der Waals surface area contributed by atoms with E-state index in [1.165, 1.54) is 6.07 Å². The van der Waals surface area contributed by atoms with Crippen LogP contribution in [0.5, 0.6) is 0 Å². The highest BCUT2D eigenvalue weighted by Crippen LogP contribution is 2.26.